The summed E-state index contributed by atoms with van der Waals surface area (Å²) < 4.78 is 5.26. The fraction of sp³-hybridized carbons (Fsp3) is 0.300. The van der Waals surface area contributed by atoms with Crippen LogP contribution in [0.5, 0.6) is 0 Å². The summed E-state index contributed by atoms with van der Waals surface area (Å²) in [5, 5.41) is 5.36. The second-order valence-electron chi connectivity index (χ2n) is 6.01. The minimum atomic E-state index is -0.692. The van der Waals surface area contributed by atoms with Crippen molar-refractivity contribution in [1.29, 1.82) is 0 Å². The van der Waals surface area contributed by atoms with Crippen LogP contribution in [0.4, 0.5) is 5.69 Å². The van der Waals surface area contributed by atoms with E-state index in [9.17, 15) is 9.59 Å². The van der Waals surface area contributed by atoms with Crippen molar-refractivity contribution >= 4 is 17.5 Å². The Morgan fingerprint density at radius 2 is 1.72 bits per heavy atom. The predicted octanol–water partition coefficient (Wildman–Crippen LogP) is 3.52. The van der Waals surface area contributed by atoms with Gasteiger partial charge >= 0.3 is 11.8 Å². The number of hydrogen-bond acceptors (Lipinski definition) is 3. The summed E-state index contributed by atoms with van der Waals surface area (Å²) in [5.41, 5.74) is 3.54. The molecule has 5 nitrogen and oxygen atoms in total. The van der Waals surface area contributed by atoms with Crippen molar-refractivity contribution in [2.24, 2.45) is 0 Å². The first-order chi connectivity index (χ1) is 11.9. The Bertz CT molecular complexity index is 758. The minimum Gasteiger partial charge on any atom is -0.377 e. The largest absolute Gasteiger partial charge is 0.377 e. The highest BCUT2D eigenvalue weighted by Crippen LogP contribution is 2.20. The molecule has 25 heavy (non-hydrogen) atoms. The van der Waals surface area contributed by atoms with Gasteiger partial charge in [-0.05, 0) is 49.6 Å². The van der Waals surface area contributed by atoms with E-state index in [0.29, 0.717) is 5.69 Å². The van der Waals surface area contributed by atoms with Crippen molar-refractivity contribution in [3.8, 4) is 0 Å². The molecule has 2 aromatic rings. The van der Waals surface area contributed by atoms with Gasteiger partial charge in [0, 0.05) is 12.8 Å². The van der Waals surface area contributed by atoms with E-state index in [-0.39, 0.29) is 12.1 Å². The molecule has 0 radical (unpaired) electrons. The lowest BCUT2D eigenvalue weighted by Gasteiger charge is -2.16. The van der Waals surface area contributed by atoms with E-state index in [1.54, 1.807) is 19.2 Å². The molecule has 2 aromatic carbocycles. The van der Waals surface area contributed by atoms with Crippen molar-refractivity contribution in [2.45, 2.75) is 32.9 Å². The summed E-state index contributed by atoms with van der Waals surface area (Å²) >= 11 is 0. The Balaban J connectivity index is 2.01. The maximum atomic E-state index is 12.2. The number of anilines is 1. The summed E-state index contributed by atoms with van der Waals surface area (Å²) in [6, 6.07) is 14.8. The molecule has 0 bridgehead atoms. The van der Waals surface area contributed by atoms with Crippen LogP contribution in [0.25, 0.3) is 0 Å². The highest BCUT2D eigenvalue weighted by Gasteiger charge is 2.18. The lowest BCUT2D eigenvalue weighted by atomic mass is 10.0. The van der Waals surface area contributed by atoms with Crippen LogP contribution in [-0.2, 0) is 14.3 Å². The third-order valence-corrected chi connectivity index (χ3v) is 4.18. The second-order valence-corrected chi connectivity index (χ2v) is 6.01. The summed E-state index contributed by atoms with van der Waals surface area (Å²) in [6.45, 7) is 5.74. The van der Waals surface area contributed by atoms with Crippen LogP contribution in [0.2, 0.25) is 0 Å². The maximum absolute atomic E-state index is 12.2. The standard InChI is InChI=1S/C20H24N2O3/c1-13-8-5-6-11-18(13)14(2)21-19(23)20(24)22-17-10-7-9-16(12-17)15(3)25-4/h5-12,14-15H,1-4H3,(H,21,23)(H,22,24). The van der Waals surface area contributed by atoms with Gasteiger partial charge in [0.1, 0.15) is 0 Å². The number of aryl methyl sites for hydroxylation is 1. The van der Waals surface area contributed by atoms with Gasteiger partial charge in [0.05, 0.1) is 12.1 Å². The van der Waals surface area contributed by atoms with Crippen LogP contribution < -0.4 is 10.6 Å². The fourth-order valence-electron chi connectivity index (χ4n) is 2.61. The normalized spacial score (nSPS) is 13.0. The van der Waals surface area contributed by atoms with Gasteiger partial charge in [-0.1, -0.05) is 36.4 Å². The van der Waals surface area contributed by atoms with E-state index in [0.717, 1.165) is 16.7 Å². The molecular formula is C20H24N2O3. The Hall–Kier alpha value is -2.66. The van der Waals surface area contributed by atoms with Gasteiger partial charge in [0.15, 0.2) is 0 Å². The Morgan fingerprint density at radius 3 is 2.40 bits per heavy atom. The van der Waals surface area contributed by atoms with Crippen LogP contribution >= 0.6 is 0 Å². The van der Waals surface area contributed by atoms with E-state index in [1.165, 1.54) is 0 Å². The highest BCUT2D eigenvalue weighted by molar-refractivity contribution is 6.39. The Labute approximate surface area is 148 Å². The molecule has 0 aliphatic heterocycles. The van der Waals surface area contributed by atoms with Gasteiger partial charge in [-0.3, -0.25) is 9.59 Å². The molecule has 0 saturated heterocycles. The van der Waals surface area contributed by atoms with Crippen LogP contribution in [-0.4, -0.2) is 18.9 Å². The Kier molecular flexibility index (Phi) is 6.31. The van der Waals surface area contributed by atoms with Crippen molar-refractivity contribution in [3.63, 3.8) is 0 Å². The zero-order chi connectivity index (χ0) is 18.4. The van der Waals surface area contributed by atoms with Crippen molar-refractivity contribution in [3.05, 3.63) is 65.2 Å². The average molecular weight is 340 g/mol. The zero-order valence-corrected chi connectivity index (χ0v) is 15.0. The van der Waals surface area contributed by atoms with E-state index >= 15 is 0 Å². The zero-order valence-electron chi connectivity index (χ0n) is 15.0. The van der Waals surface area contributed by atoms with Gasteiger partial charge < -0.3 is 15.4 Å². The number of carbonyl (C=O) groups excluding carboxylic acids is 2. The van der Waals surface area contributed by atoms with E-state index in [2.05, 4.69) is 10.6 Å². The molecule has 2 amide bonds. The number of nitrogens with one attached hydrogen (secondary N) is 2. The molecule has 2 atom stereocenters. The van der Waals surface area contributed by atoms with Gasteiger partial charge in [-0.15, -0.1) is 0 Å². The molecule has 2 unspecified atom stereocenters. The van der Waals surface area contributed by atoms with Gasteiger partial charge in [-0.25, -0.2) is 0 Å². The van der Waals surface area contributed by atoms with Gasteiger partial charge in [-0.2, -0.15) is 0 Å². The number of carbonyl (C=O) groups is 2. The molecule has 0 aromatic heterocycles. The summed E-state index contributed by atoms with van der Waals surface area (Å²) in [7, 11) is 1.62. The smallest absolute Gasteiger partial charge is 0.313 e. The number of amides is 2. The SMILES string of the molecule is COC(C)c1cccc(NC(=O)C(=O)NC(C)c2ccccc2C)c1. The molecule has 0 heterocycles. The maximum Gasteiger partial charge on any atom is 0.313 e. The van der Waals surface area contributed by atoms with Crippen molar-refractivity contribution in [2.75, 3.05) is 12.4 Å². The first-order valence-electron chi connectivity index (χ1n) is 8.22. The minimum absolute atomic E-state index is 0.0910. The number of methoxy groups -OCH3 is 1. The monoisotopic (exact) mass is 340 g/mol. The first-order valence-corrected chi connectivity index (χ1v) is 8.22. The van der Waals surface area contributed by atoms with Gasteiger partial charge in [0.2, 0.25) is 0 Å². The second kappa shape index (κ2) is 8.44. The third-order valence-electron chi connectivity index (χ3n) is 4.18. The van der Waals surface area contributed by atoms with E-state index in [1.807, 2.05) is 57.2 Å². The molecule has 2 N–H and O–H groups in total. The van der Waals surface area contributed by atoms with E-state index in [4.69, 9.17) is 4.74 Å². The van der Waals surface area contributed by atoms with Crippen LogP contribution in [0.1, 0.15) is 42.7 Å². The molecule has 5 heteroatoms. The first kappa shape index (κ1) is 18.7. The number of hydrogen-bond donors (Lipinski definition) is 2. The van der Waals surface area contributed by atoms with Crippen LogP contribution in [0.15, 0.2) is 48.5 Å². The lowest BCUT2D eigenvalue weighted by Crippen LogP contribution is -2.37. The molecule has 0 spiro atoms. The fourth-order valence-corrected chi connectivity index (χ4v) is 2.61. The predicted molar refractivity (Wildman–Crippen MR) is 98.2 cm³/mol. The van der Waals surface area contributed by atoms with Crippen LogP contribution in [0.3, 0.4) is 0 Å². The van der Waals surface area contributed by atoms with Crippen LogP contribution in [0, 0.1) is 6.92 Å². The summed E-state index contributed by atoms with van der Waals surface area (Å²) in [6.07, 6.45) is -0.0910. The molecule has 2 rings (SSSR count). The molecule has 0 aliphatic rings. The Morgan fingerprint density at radius 1 is 1.00 bits per heavy atom. The molecule has 0 fully saturated rings. The number of rotatable bonds is 5. The van der Waals surface area contributed by atoms with Gasteiger partial charge in [0.25, 0.3) is 0 Å². The molecule has 0 saturated carbocycles. The molecule has 132 valence electrons. The highest BCUT2D eigenvalue weighted by atomic mass is 16.5. The van der Waals surface area contributed by atoms with Crippen molar-refractivity contribution in [1.82, 2.24) is 5.32 Å². The average Bonchev–Trinajstić information content (AvgIpc) is 2.61. The topological polar surface area (TPSA) is 67.4 Å². The number of benzene rings is 2. The van der Waals surface area contributed by atoms with Crippen molar-refractivity contribution < 1.29 is 14.3 Å². The summed E-state index contributed by atoms with van der Waals surface area (Å²) in [5.74, 6) is -1.36. The third kappa shape index (κ3) is 4.90. The van der Waals surface area contributed by atoms with E-state index < -0.39 is 11.8 Å². The lowest BCUT2D eigenvalue weighted by molar-refractivity contribution is -0.136. The number of ether oxygens (including phenoxy) is 1. The molecular weight excluding hydrogens is 316 g/mol. The quantitative estimate of drug-likeness (QED) is 0.819. The molecule has 0 aliphatic carbocycles. The summed E-state index contributed by atoms with van der Waals surface area (Å²) in [4.78, 5) is 24.3.